The molecular formula is C21H19N7O3. The topological polar surface area (TPSA) is 121 Å². The summed E-state index contributed by atoms with van der Waals surface area (Å²) in [5.41, 5.74) is 3.60. The third kappa shape index (κ3) is 2.93. The second kappa shape index (κ2) is 6.98. The van der Waals surface area contributed by atoms with Crippen LogP contribution < -0.4 is 5.69 Å². The van der Waals surface area contributed by atoms with Gasteiger partial charge in [-0.15, -0.1) is 0 Å². The number of aromatic nitrogens is 5. The molecule has 1 aliphatic rings. The summed E-state index contributed by atoms with van der Waals surface area (Å²) in [4.78, 5) is 30.6. The summed E-state index contributed by atoms with van der Waals surface area (Å²) < 4.78 is 4.82. The van der Waals surface area contributed by atoms with Crippen LogP contribution >= 0.6 is 0 Å². The van der Waals surface area contributed by atoms with Crippen molar-refractivity contribution in [2.75, 3.05) is 13.1 Å². The average Bonchev–Trinajstić information content (AvgIpc) is 3.32. The number of carbonyl (C=O) groups is 1. The number of likely N-dealkylation sites (tertiary alicyclic amines) is 1. The molecule has 10 nitrogen and oxygen atoms in total. The normalized spacial score (nSPS) is 16.6. The predicted octanol–water partition coefficient (Wildman–Crippen LogP) is 2.24. The Kier molecular flexibility index (Phi) is 4.25. The number of pyridine rings is 2. The first-order valence-electron chi connectivity index (χ1n) is 9.91. The number of aryl methyl sites for hydroxylation is 1. The molecule has 5 heterocycles. The number of imidazole rings is 1. The lowest BCUT2D eigenvalue weighted by atomic mass is 10.1. The van der Waals surface area contributed by atoms with Crippen molar-refractivity contribution in [3.05, 3.63) is 52.7 Å². The van der Waals surface area contributed by atoms with Crippen molar-refractivity contribution in [1.82, 2.24) is 28.6 Å². The molecule has 1 aliphatic heterocycles. The first kappa shape index (κ1) is 18.9. The molecule has 0 spiro atoms. The van der Waals surface area contributed by atoms with Gasteiger partial charge in [0, 0.05) is 31.9 Å². The zero-order chi connectivity index (χ0) is 21.7. The average molecular weight is 417 g/mol. The minimum atomic E-state index is -0.980. The number of nitriles is 1. The van der Waals surface area contributed by atoms with Crippen LogP contribution in [0.1, 0.15) is 24.4 Å². The van der Waals surface area contributed by atoms with Gasteiger partial charge in [-0.1, -0.05) is 0 Å². The molecule has 1 atom stereocenters. The molecule has 1 amide bonds. The van der Waals surface area contributed by atoms with Gasteiger partial charge in [-0.25, -0.2) is 19.1 Å². The molecule has 1 fully saturated rings. The second-order valence-electron chi connectivity index (χ2n) is 7.69. The lowest BCUT2D eigenvalue weighted by molar-refractivity contribution is 0.121. The number of amides is 1. The van der Waals surface area contributed by atoms with E-state index in [4.69, 9.17) is 4.98 Å². The van der Waals surface area contributed by atoms with Crippen molar-refractivity contribution < 1.29 is 9.90 Å². The number of nitrogens with zero attached hydrogens (tertiary/aromatic N) is 7. The van der Waals surface area contributed by atoms with Crippen LogP contribution in [0.3, 0.4) is 0 Å². The number of rotatable bonds is 2. The van der Waals surface area contributed by atoms with E-state index >= 15 is 0 Å². The molecule has 10 heteroatoms. The highest BCUT2D eigenvalue weighted by atomic mass is 16.4. The summed E-state index contributed by atoms with van der Waals surface area (Å²) >= 11 is 0. The Morgan fingerprint density at radius 3 is 2.90 bits per heavy atom. The van der Waals surface area contributed by atoms with E-state index in [9.17, 15) is 20.0 Å². The second-order valence-corrected chi connectivity index (χ2v) is 7.69. The van der Waals surface area contributed by atoms with Crippen molar-refractivity contribution >= 4 is 22.8 Å². The summed E-state index contributed by atoms with van der Waals surface area (Å²) in [5.74, 6) is 0. The molecule has 1 N–H and O–H groups in total. The molecule has 0 saturated carbocycles. The highest BCUT2D eigenvalue weighted by Crippen LogP contribution is 2.28. The van der Waals surface area contributed by atoms with E-state index in [1.807, 2.05) is 12.1 Å². The maximum atomic E-state index is 13.0. The Morgan fingerprint density at radius 1 is 1.29 bits per heavy atom. The van der Waals surface area contributed by atoms with E-state index in [-0.39, 0.29) is 18.3 Å². The van der Waals surface area contributed by atoms with Crippen molar-refractivity contribution in [2.45, 2.75) is 18.9 Å². The molecule has 0 bridgehead atoms. The molecule has 4 aromatic rings. The van der Waals surface area contributed by atoms with E-state index in [0.717, 1.165) is 11.1 Å². The number of fused-ring (bicyclic) bond motifs is 2. The van der Waals surface area contributed by atoms with Gasteiger partial charge in [-0.2, -0.15) is 10.4 Å². The van der Waals surface area contributed by atoms with Crippen molar-refractivity contribution in [1.29, 1.82) is 5.26 Å². The summed E-state index contributed by atoms with van der Waals surface area (Å²) in [6.45, 7) is 0.718. The van der Waals surface area contributed by atoms with Gasteiger partial charge in [-0.3, -0.25) is 9.13 Å². The van der Waals surface area contributed by atoms with Gasteiger partial charge in [0.05, 0.1) is 40.6 Å². The Morgan fingerprint density at radius 2 is 2.13 bits per heavy atom. The van der Waals surface area contributed by atoms with Gasteiger partial charge in [0.1, 0.15) is 0 Å². The highest BCUT2D eigenvalue weighted by Gasteiger charge is 2.28. The van der Waals surface area contributed by atoms with E-state index in [1.165, 1.54) is 9.47 Å². The molecule has 4 aromatic heterocycles. The molecule has 1 saturated heterocycles. The van der Waals surface area contributed by atoms with Crippen LogP contribution in [0.2, 0.25) is 0 Å². The van der Waals surface area contributed by atoms with Crippen molar-refractivity contribution in [2.24, 2.45) is 7.05 Å². The SMILES string of the molecule is Cn1c(=O)n(C2CCCN(C(=O)O)C2)c2nc(-c3cnn4ccc(C#N)cc34)ccc21. The number of carboxylic acid groups (broad SMARTS) is 1. The van der Waals surface area contributed by atoms with Crippen LogP contribution in [0.5, 0.6) is 0 Å². The number of hydrogen-bond acceptors (Lipinski definition) is 5. The van der Waals surface area contributed by atoms with Gasteiger partial charge in [0.2, 0.25) is 0 Å². The lowest BCUT2D eigenvalue weighted by Gasteiger charge is -2.31. The fraction of sp³-hybridized carbons (Fsp3) is 0.286. The summed E-state index contributed by atoms with van der Waals surface area (Å²) in [6.07, 6.45) is 3.81. The molecule has 0 radical (unpaired) electrons. The van der Waals surface area contributed by atoms with Gasteiger partial charge in [0.15, 0.2) is 5.65 Å². The quantitative estimate of drug-likeness (QED) is 0.534. The van der Waals surface area contributed by atoms with Gasteiger partial charge < -0.3 is 10.0 Å². The van der Waals surface area contributed by atoms with E-state index in [1.54, 1.807) is 40.7 Å². The number of hydrogen-bond donors (Lipinski definition) is 1. The zero-order valence-corrected chi connectivity index (χ0v) is 16.8. The van der Waals surface area contributed by atoms with Crippen LogP contribution in [-0.4, -0.2) is 52.9 Å². The van der Waals surface area contributed by atoms with Crippen molar-refractivity contribution in [3.8, 4) is 17.3 Å². The monoisotopic (exact) mass is 417 g/mol. The molecule has 31 heavy (non-hydrogen) atoms. The first-order chi connectivity index (χ1) is 15.0. The van der Waals surface area contributed by atoms with Crippen LogP contribution in [0.25, 0.3) is 27.9 Å². The summed E-state index contributed by atoms with van der Waals surface area (Å²) in [5, 5.41) is 23.0. The van der Waals surface area contributed by atoms with E-state index < -0.39 is 6.09 Å². The maximum absolute atomic E-state index is 13.0. The standard InChI is InChI=1S/C21H19N7O3/c1-25-17-5-4-16(15-11-23-27-8-6-13(10-22)9-18(15)27)24-19(17)28(20(25)29)14-3-2-7-26(12-14)21(30)31/h4-6,8-9,11,14H,2-3,7,12H2,1H3,(H,30,31). The lowest BCUT2D eigenvalue weighted by Crippen LogP contribution is -2.42. The minimum Gasteiger partial charge on any atom is -0.465 e. The summed E-state index contributed by atoms with van der Waals surface area (Å²) in [7, 11) is 1.69. The third-order valence-electron chi connectivity index (χ3n) is 5.90. The highest BCUT2D eigenvalue weighted by molar-refractivity contribution is 5.83. The van der Waals surface area contributed by atoms with Crippen LogP contribution in [-0.2, 0) is 7.05 Å². The fourth-order valence-corrected chi connectivity index (χ4v) is 4.30. The Bertz CT molecular complexity index is 1440. The summed E-state index contributed by atoms with van der Waals surface area (Å²) in [6, 6.07) is 8.95. The minimum absolute atomic E-state index is 0.219. The molecule has 0 aromatic carbocycles. The van der Waals surface area contributed by atoms with Crippen molar-refractivity contribution in [3.63, 3.8) is 0 Å². The Balaban J connectivity index is 1.67. The molecule has 156 valence electrons. The smallest absolute Gasteiger partial charge is 0.407 e. The first-order valence-corrected chi connectivity index (χ1v) is 9.91. The van der Waals surface area contributed by atoms with Crippen LogP contribution in [0, 0.1) is 11.3 Å². The fourth-order valence-electron chi connectivity index (χ4n) is 4.30. The molecule has 5 rings (SSSR count). The van der Waals surface area contributed by atoms with Gasteiger partial charge in [0.25, 0.3) is 0 Å². The molecular weight excluding hydrogens is 398 g/mol. The Hall–Kier alpha value is -4.13. The predicted molar refractivity (Wildman–Crippen MR) is 112 cm³/mol. The van der Waals surface area contributed by atoms with Gasteiger partial charge >= 0.3 is 11.8 Å². The zero-order valence-electron chi connectivity index (χ0n) is 16.8. The number of piperidine rings is 1. The Labute approximate surface area is 176 Å². The molecule has 0 aliphatic carbocycles. The largest absolute Gasteiger partial charge is 0.465 e. The third-order valence-corrected chi connectivity index (χ3v) is 5.90. The van der Waals surface area contributed by atoms with Crippen LogP contribution in [0.4, 0.5) is 4.79 Å². The van der Waals surface area contributed by atoms with E-state index in [0.29, 0.717) is 41.8 Å². The molecule has 1 unspecified atom stereocenters. The van der Waals surface area contributed by atoms with Gasteiger partial charge in [-0.05, 0) is 37.1 Å². The maximum Gasteiger partial charge on any atom is 0.407 e. The van der Waals surface area contributed by atoms with Crippen LogP contribution in [0.15, 0.2) is 41.5 Å². The van der Waals surface area contributed by atoms with E-state index in [2.05, 4.69) is 11.2 Å².